The lowest BCUT2D eigenvalue weighted by Crippen LogP contribution is -2.12. The second-order valence-electron chi connectivity index (χ2n) is 7.91. The van der Waals surface area contributed by atoms with Gasteiger partial charge in [0.05, 0.1) is 30.4 Å². The fourth-order valence-electron chi connectivity index (χ4n) is 3.67. The average molecular weight is 583 g/mol. The number of hydrogen-bond donors (Lipinski definition) is 2. The summed E-state index contributed by atoms with van der Waals surface area (Å²) in [5.74, 6) is -2.75. The van der Waals surface area contributed by atoms with Crippen LogP contribution < -0.4 is 10.1 Å². The lowest BCUT2D eigenvalue weighted by Gasteiger charge is -2.17. The van der Waals surface area contributed by atoms with E-state index >= 15 is 4.39 Å². The number of nitrogens with zero attached hydrogens (tertiary/aromatic N) is 1. The van der Waals surface area contributed by atoms with Crippen molar-refractivity contribution in [1.29, 1.82) is 0 Å². The van der Waals surface area contributed by atoms with E-state index in [1.165, 1.54) is 33.5 Å². The van der Waals surface area contributed by atoms with Crippen molar-refractivity contribution in [3.8, 4) is 16.3 Å². The Hall–Kier alpha value is -3.18. The maximum atomic E-state index is 15.5. The van der Waals surface area contributed by atoms with Crippen LogP contribution in [0.25, 0.3) is 17.3 Å². The van der Waals surface area contributed by atoms with Crippen molar-refractivity contribution >= 4 is 57.6 Å². The standard InChI is InChI=1S/C26H25Cl2FN2O6S/c1-5-7-19(35-2)14-8-6-9-15(21(14)29)22-25(37-4)38-26(30-22)31-23(32)13-10-17(27)16(18(28)11-13)12-20(36-3)24(33)34/h6,8-12,19H,5,7H2,1-4H3,(H,33,34)(H,30,31,32)/b20-12-. The normalized spacial score (nSPS) is 12.2. The minimum absolute atomic E-state index is 0.0366. The minimum Gasteiger partial charge on any atom is -0.490 e. The van der Waals surface area contributed by atoms with Gasteiger partial charge < -0.3 is 19.3 Å². The van der Waals surface area contributed by atoms with Gasteiger partial charge in [0.15, 0.2) is 5.13 Å². The van der Waals surface area contributed by atoms with E-state index in [9.17, 15) is 9.59 Å². The molecule has 1 amide bonds. The Balaban J connectivity index is 1.93. The number of carboxylic acid groups (broad SMARTS) is 1. The summed E-state index contributed by atoms with van der Waals surface area (Å²) in [6.45, 7) is 1.99. The second-order valence-corrected chi connectivity index (χ2v) is 9.68. The summed E-state index contributed by atoms with van der Waals surface area (Å²) >= 11 is 13.6. The van der Waals surface area contributed by atoms with E-state index in [1.54, 1.807) is 18.2 Å². The molecule has 1 unspecified atom stereocenters. The average Bonchev–Trinajstić information content (AvgIpc) is 3.29. The Morgan fingerprint density at radius 3 is 2.45 bits per heavy atom. The number of aliphatic carboxylic acids is 1. The van der Waals surface area contributed by atoms with Gasteiger partial charge in [-0.3, -0.25) is 10.1 Å². The van der Waals surface area contributed by atoms with E-state index in [2.05, 4.69) is 10.3 Å². The number of amides is 1. The summed E-state index contributed by atoms with van der Waals surface area (Å²) in [5, 5.41) is 12.3. The van der Waals surface area contributed by atoms with Crippen molar-refractivity contribution < 1.29 is 33.3 Å². The number of ether oxygens (including phenoxy) is 3. The van der Waals surface area contributed by atoms with E-state index in [4.69, 9.17) is 42.5 Å². The number of rotatable bonds is 11. The molecule has 3 rings (SSSR count). The summed E-state index contributed by atoms with van der Waals surface area (Å²) in [4.78, 5) is 28.6. The highest BCUT2D eigenvalue weighted by Crippen LogP contribution is 2.41. The van der Waals surface area contributed by atoms with E-state index in [-0.39, 0.29) is 43.3 Å². The van der Waals surface area contributed by atoms with E-state index in [1.807, 2.05) is 6.92 Å². The van der Waals surface area contributed by atoms with Gasteiger partial charge in [-0.15, -0.1) is 0 Å². The van der Waals surface area contributed by atoms with Crippen LogP contribution in [0.3, 0.4) is 0 Å². The number of carbonyl (C=O) groups is 2. The fraction of sp³-hybridized carbons (Fsp3) is 0.269. The highest BCUT2D eigenvalue weighted by atomic mass is 35.5. The highest BCUT2D eigenvalue weighted by Gasteiger charge is 2.23. The third-order valence-electron chi connectivity index (χ3n) is 5.52. The Morgan fingerprint density at radius 2 is 1.89 bits per heavy atom. The third kappa shape index (κ3) is 6.44. The smallest absolute Gasteiger partial charge is 0.371 e. The number of nitrogens with one attached hydrogen (secondary N) is 1. The number of methoxy groups -OCH3 is 3. The third-order valence-corrected chi connectivity index (χ3v) is 7.07. The fourth-order valence-corrected chi connectivity index (χ4v) is 5.06. The predicted molar refractivity (Wildman–Crippen MR) is 146 cm³/mol. The zero-order valence-electron chi connectivity index (χ0n) is 20.9. The van der Waals surface area contributed by atoms with Crippen LogP contribution in [-0.4, -0.2) is 43.3 Å². The number of anilines is 1. The van der Waals surface area contributed by atoms with Gasteiger partial charge in [0.1, 0.15) is 11.5 Å². The lowest BCUT2D eigenvalue weighted by atomic mass is 10.0. The van der Waals surface area contributed by atoms with Gasteiger partial charge in [-0.05, 0) is 30.7 Å². The van der Waals surface area contributed by atoms with Gasteiger partial charge in [-0.2, -0.15) is 0 Å². The Bertz CT molecular complexity index is 1350. The molecule has 202 valence electrons. The molecule has 3 aromatic rings. The van der Waals surface area contributed by atoms with Crippen LogP contribution in [0.5, 0.6) is 5.06 Å². The maximum Gasteiger partial charge on any atom is 0.371 e. The van der Waals surface area contributed by atoms with Gasteiger partial charge >= 0.3 is 5.97 Å². The Labute approximate surface area is 233 Å². The number of aromatic nitrogens is 1. The molecule has 2 aromatic carbocycles. The van der Waals surface area contributed by atoms with Crippen LogP contribution in [0.15, 0.2) is 36.1 Å². The van der Waals surface area contributed by atoms with Crippen molar-refractivity contribution in [3.05, 3.63) is 68.6 Å². The summed E-state index contributed by atoms with van der Waals surface area (Å²) < 4.78 is 31.2. The molecule has 0 bridgehead atoms. The molecule has 0 radical (unpaired) electrons. The number of hydrogen-bond acceptors (Lipinski definition) is 7. The predicted octanol–water partition coefficient (Wildman–Crippen LogP) is 7.08. The summed E-state index contributed by atoms with van der Waals surface area (Å²) in [6.07, 6.45) is 2.21. The van der Waals surface area contributed by atoms with E-state index in [0.717, 1.165) is 23.8 Å². The van der Waals surface area contributed by atoms with Crippen molar-refractivity contribution in [3.63, 3.8) is 0 Å². The van der Waals surface area contributed by atoms with E-state index < -0.39 is 23.8 Å². The zero-order chi connectivity index (χ0) is 28.0. The second kappa shape index (κ2) is 13.1. The Morgan fingerprint density at radius 1 is 1.21 bits per heavy atom. The largest absolute Gasteiger partial charge is 0.490 e. The van der Waals surface area contributed by atoms with Crippen molar-refractivity contribution in [2.75, 3.05) is 26.6 Å². The summed E-state index contributed by atoms with van der Waals surface area (Å²) in [5.41, 5.74) is 1.12. The highest BCUT2D eigenvalue weighted by molar-refractivity contribution is 7.18. The van der Waals surface area contributed by atoms with E-state index in [0.29, 0.717) is 17.0 Å². The first-order valence-electron chi connectivity index (χ1n) is 11.3. The first-order valence-corrected chi connectivity index (χ1v) is 12.9. The molecule has 0 fully saturated rings. The number of carbonyl (C=O) groups excluding carboxylic acids is 1. The van der Waals surface area contributed by atoms with Crippen LogP contribution in [-0.2, 0) is 14.3 Å². The molecular formula is C26H25Cl2FN2O6S. The van der Waals surface area contributed by atoms with Crippen molar-refractivity contribution in [2.24, 2.45) is 0 Å². The van der Waals surface area contributed by atoms with Gasteiger partial charge in [0.2, 0.25) is 10.8 Å². The monoisotopic (exact) mass is 582 g/mol. The molecule has 1 atom stereocenters. The molecular weight excluding hydrogens is 558 g/mol. The maximum absolute atomic E-state index is 15.5. The molecule has 0 saturated carbocycles. The van der Waals surface area contributed by atoms with Gasteiger partial charge in [-0.1, -0.05) is 60.0 Å². The first kappa shape index (κ1) is 29.4. The molecule has 8 nitrogen and oxygen atoms in total. The molecule has 0 aliphatic carbocycles. The molecule has 2 N–H and O–H groups in total. The molecule has 38 heavy (non-hydrogen) atoms. The molecule has 12 heteroatoms. The van der Waals surface area contributed by atoms with Crippen LogP contribution in [0.4, 0.5) is 9.52 Å². The quantitative estimate of drug-likeness (QED) is 0.184. The minimum atomic E-state index is -1.31. The summed E-state index contributed by atoms with van der Waals surface area (Å²) in [7, 11) is 4.16. The number of halogens is 3. The van der Waals surface area contributed by atoms with Gasteiger partial charge in [-0.25, -0.2) is 14.2 Å². The lowest BCUT2D eigenvalue weighted by molar-refractivity contribution is -0.135. The topological polar surface area (TPSA) is 107 Å². The zero-order valence-corrected chi connectivity index (χ0v) is 23.3. The molecule has 0 saturated heterocycles. The molecule has 1 aromatic heterocycles. The van der Waals surface area contributed by atoms with Gasteiger partial charge in [0.25, 0.3) is 5.91 Å². The number of thiazole rings is 1. The van der Waals surface area contributed by atoms with Crippen molar-refractivity contribution in [1.82, 2.24) is 4.98 Å². The molecule has 1 heterocycles. The molecule has 0 aliphatic rings. The SMILES string of the molecule is CCCC(OC)c1cccc(-c2nc(NC(=O)c3cc(Cl)c(/C=C(\OC)C(=O)O)c(Cl)c3)sc2OC)c1F. The van der Waals surface area contributed by atoms with Crippen molar-refractivity contribution in [2.45, 2.75) is 25.9 Å². The van der Waals surface area contributed by atoms with Crippen LogP contribution in [0.2, 0.25) is 10.0 Å². The first-order chi connectivity index (χ1) is 18.1. The molecule has 0 spiro atoms. The number of carboxylic acids is 1. The Kier molecular flexibility index (Phi) is 10.1. The van der Waals surface area contributed by atoms with Crippen LogP contribution >= 0.6 is 34.5 Å². The van der Waals surface area contributed by atoms with Crippen LogP contribution in [0.1, 0.15) is 47.4 Å². The van der Waals surface area contributed by atoms with Crippen LogP contribution in [0, 0.1) is 5.82 Å². The molecule has 0 aliphatic heterocycles. The number of benzene rings is 2. The summed E-state index contributed by atoms with van der Waals surface area (Å²) in [6, 6.07) is 7.63. The van der Waals surface area contributed by atoms with Gasteiger partial charge in [0, 0.05) is 29.4 Å².